The van der Waals surface area contributed by atoms with Gasteiger partial charge in [0, 0.05) is 11.0 Å². The Balaban J connectivity index is 2.31. The fourth-order valence-corrected chi connectivity index (χ4v) is 2.75. The van der Waals surface area contributed by atoms with Crippen LogP contribution in [-0.2, 0) is 6.61 Å². The normalized spacial score (nSPS) is 10.4. The highest BCUT2D eigenvalue weighted by Crippen LogP contribution is 2.35. The molecule has 0 aromatic heterocycles. The van der Waals surface area contributed by atoms with Crippen LogP contribution in [0.2, 0.25) is 0 Å². The van der Waals surface area contributed by atoms with Crippen LogP contribution >= 0.6 is 11.8 Å². The summed E-state index contributed by atoms with van der Waals surface area (Å²) in [5.74, 6) is 0. The van der Waals surface area contributed by atoms with Crippen LogP contribution in [-0.4, -0.2) is 10.0 Å². The van der Waals surface area contributed by atoms with E-state index in [1.807, 2.05) is 25.1 Å². The Morgan fingerprint density at radius 2 is 2.00 bits per heavy atom. The molecule has 0 unspecified atom stereocenters. The molecule has 0 fully saturated rings. The van der Waals surface area contributed by atoms with Gasteiger partial charge in [-0.2, -0.15) is 0 Å². The summed E-state index contributed by atoms with van der Waals surface area (Å²) >= 11 is 1.35. The van der Waals surface area contributed by atoms with E-state index in [9.17, 15) is 10.1 Å². The van der Waals surface area contributed by atoms with Gasteiger partial charge in [-0.15, -0.1) is 0 Å². The predicted molar refractivity (Wildman–Crippen MR) is 74.3 cm³/mol. The third-order valence-corrected chi connectivity index (χ3v) is 3.83. The Morgan fingerprint density at radius 3 is 2.63 bits per heavy atom. The highest BCUT2D eigenvalue weighted by atomic mass is 32.2. The van der Waals surface area contributed by atoms with Crippen LogP contribution in [0, 0.1) is 17.0 Å². The standard InChI is InChI=1S/C14H13NO3S/c1-10-8-12(7-6-11(10)9-16)19-14-5-3-2-4-13(14)15(17)18/h2-8,16H,9H2,1H3. The molecule has 4 nitrogen and oxygen atoms in total. The predicted octanol–water partition coefficient (Wildman–Crippen LogP) is 3.55. The molecule has 1 N–H and O–H groups in total. The van der Waals surface area contributed by atoms with Crippen LogP contribution in [0.15, 0.2) is 52.3 Å². The summed E-state index contributed by atoms with van der Waals surface area (Å²) in [5, 5.41) is 20.1. The number of aliphatic hydroxyl groups excluding tert-OH is 1. The van der Waals surface area contributed by atoms with Gasteiger partial charge >= 0.3 is 0 Å². The minimum atomic E-state index is -0.378. The van der Waals surface area contributed by atoms with Crippen molar-refractivity contribution in [2.75, 3.05) is 0 Å². The van der Waals surface area contributed by atoms with Crippen molar-refractivity contribution in [2.45, 2.75) is 23.3 Å². The van der Waals surface area contributed by atoms with Gasteiger partial charge in [0.15, 0.2) is 0 Å². The first-order chi connectivity index (χ1) is 9.11. The second-order valence-electron chi connectivity index (χ2n) is 4.07. The zero-order chi connectivity index (χ0) is 13.8. The van der Waals surface area contributed by atoms with Crippen molar-refractivity contribution < 1.29 is 10.0 Å². The first-order valence-corrected chi connectivity index (χ1v) is 6.55. The molecular weight excluding hydrogens is 262 g/mol. The largest absolute Gasteiger partial charge is 0.392 e. The number of aryl methyl sites for hydroxylation is 1. The number of nitro groups is 1. The van der Waals surface area contributed by atoms with Crippen LogP contribution in [0.25, 0.3) is 0 Å². The zero-order valence-corrected chi connectivity index (χ0v) is 11.2. The van der Waals surface area contributed by atoms with E-state index in [4.69, 9.17) is 5.11 Å². The monoisotopic (exact) mass is 275 g/mol. The molecule has 0 aliphatic carbocycles. The quantitative estimate of drug-likeness (QED) is 0.684. The van der Waals surface area contributed by atoms with Gasteiger partial charge < -0.3 is 5.11 Å². The molecule has 0 bridgehead atoms. The summed E-state index contributed by atoms with van der Waals surface area (Å²) < 4.78 is 0. The molecule has 0 radical (unpaired) electrons. The summed E-state index contributed by atoms with van der Waals surface area (Å²) in [6, 6.07) is 12.3. The second kappa shape index (κ2) is 5.86. The molecule has 0 aliphatic heterocycles. The van der Waals surface area contributed by atoms with Crippen molar-refractivity contribution in [1.29, 1.82) is 0 Å². The maximum atomic E-state index is 10.9. The zero-order valence-electron chi connectivity index (χ0n) is 10.4. The smallest absolute Gasteiger partial charge is 0.283 e. The van der Waals surface area contributed by atoms with E-state index < -0.39 is 0 Å². The van der Waals surface area contributed by atoms with E-state index in [1.54, 1.807) is 18.2 Å². The van der Waals surface area contributed by atoms with Gasteiger partial charge in [-0.25, -0.2) is 0 Å². The van der Waals surface area contributed by atoms with E-state index in [0.717, 1.165) is 16.0 Å². The third kappa shape index (κ3) is 3.13. The molecule has 0 aliphatic rings. The minimum absolute atomic E-state index is 0.00225. The lowest BCUT2D eigenvalue weighted by molar-refractivity contribution is -0.387. The Kier molecular flexibility index (Phi) is 4.19. The van der Waals surface area contributed by atoms with Gasteiger partial charge in [0.1, 0.15) is 0 Å². The Hall–Kier alpha value is -1.85. The second-order valence-corrected chi connectivity index (χ2v) is 5.19. The summed E-state index contributed by atoms with van der Waals surface area (Å²) in [6.07, 6.45) is 0. The third-order valence-electron chi connectivity index (χ3n) is 2.77. The Bertz CT molecular complexity index is 613. The van der Waals surface area contributed by atoms with E-state index >= 15 is 0 Å². The lowest BCUT2D eigenvalue weighted by atomic mass is 10.1. The number of hydrogen-bond donors (Lipinski definition) is 1. The lowest BCUT2D eigenvalue weighted by Crippen LogP contribution is -1.91. The van der Waals surface area contributed by atoms with Crippen LogP contribution in [0.3, 0.4) is 0 Å². The van der Waals surface area contributed by atoms with Crippen LogP contribution in [0.1, 0.15) is 11.1 Å². The van der Waals surface area contributed by atoms with Gasteiger partial charge in [0.05, 0.1) is 16.4 Å². The molecule has 0 spiro atoms. The van der Waals surface area contributed by atoms with Gasteiger partial charge in [-0.05, 0) is 36.2 Å². The van der Waals surface area contributed by atoms with E-state index in [0.29, 0.717) is 4.90 Å². The molecule has 2 rings (SSSR count). The van der Waals surface area contributed by atoms with Crippen molar-refractivity contribution in [3.63, 3.8) is 0 Å². The number of para-hydroxylation sites is 1. The Labute approximate surface area is 115 Å². The number of aliphatic hydroxyl groups is 1. The molecule has 2 aromatic rings. The van der Waals surface area contributed by atoms with Gasteiger partial charge in [-0.1, -0.05) is 30.0 Å². The molecule has 0 saturated carbocycles. The summed E-state index contributed by atoms with van der Waals surface area (Å²) in [5.41, 5.74) is 1.95. The number of rotatable bonds is 4. The molecule has 0 heterocycles. The molecule has 19 heavy (non-hydrogen) atoms. The number of hydrogen-bond acceptors (Lipinski definition) is 4. The molecular formula is C14H13NO3S. The average molecular weight is 275 g/mol. The van der Waals surface area contributed by atoms with Crippen molar-refractivity contribution in [3.05, 3.63) is 63.7 Å². The highest BCUT2D eigenvalue weighted by Gasteiger charge is 2.13. The Morgan fingerprint density at radius 1 is 1.26 bits per heavy atom. The van der Waals surface area contributed by atoms with Gasteiger partial charge in [0.25, 0.3) is 5.69 Å². The maximum absolute atomic E-state index is 10.9. The molecule has 2 aromatic carbocycles. The summed E-state index contributed by atoms with van der Waals surface area (Å²) in [6.45, 7) is 1.91. The number of nitrogens with zero attached hydrogens (tertiary/aromatic N) is 1. The molecule has 0 atom stereocenters. The van der Waals surface area contributed by atoms with Crippen molar-refractivity contribution in [2.24, 2.45) is 0 Å². The van der Waals surface area contributed by atoms with E-state index in [2.05, 4.69) is 0 Å². The first kappa shape index (κ1) is 13.6. The summed E-state index contributed by atoms with van der Waals surface area (Å²) in [4.78, 5) is 12.1. The number of benzene rings is 2. The van der Waals surface area contributed by atoms with E-state index in [-0.39, 0.29) is 17.2 Å². The minimum Gasteiger partial charge on any atom is -0.392 e. The maximum Gasteiger partial charge on any atom is 0.283 e. The molecule has 98 valence electrons. The molecule has 5 heteroatoms. The van der Waals surface area contributed by atoms with Crippen molar-refractivity contribution in [3.8, 4) is 0 Å². The fourth-order valence-electron chi connectivity index (χ4n) is 1.73. The lowest BCUT2D eigenvalue weighted by Gasteiger charge is -2.06. The van der Waals surface area contributed by atoms with Crippen LogP contribution in [0.4, 0.5) is 5.69 Å². The first-order valence-electron chi connectivity index (χ1n) is 5.73. The van der Waals surface area contributed by atoms with Crippen molar-refractivity contribution in [1.82, 2.24) is 0 Å². The average Bonchev–Trinajstić information content (AvgIpc) is 2.39. The van der Waals surface area contributed by atoms with E-state index in [1.165, 1.54) is 17.8 Å². The number of nitro benzene ring substituents is 1. The van der Waals surface area contributed by atoms with Gasteiger partial charge in [-0.3, -0.25) is 10.1 Å². The van der Waals surface area contributed by atoms with Gasteiger partial charge in [0.2, 0.25) is 0 Å². The highest BCUT2D eigenvalue weighted by molar-refractivity contribution is 7.99. The van der Waals surface area contributed by atoms with Crippen LogP contribution < -0.4 is 0 Å². The fraction of sp³-hybridized carbons (Fsp3) is 0.143. The van der Waals surface area contributed by atoms with Crippen LogP contribution in [0.5, 0.6) is 0 Å². The SMILES string of the molecule is Cc1cc(Sc2ccccc2[N+](=O)[O-])ccc1CO. The molecule has 0 saturated heterocycles. The molecule has 0 amide bonds. The van der Waals surface area contributed by atoms with Crippen molar-refractivity contribution >= 4 is 17.4 Å². The topological polar surface area (TPSA) is 63.4 Å². The summed E-state index contributed by atoms with van der Waals surface area (Å²) in [7, 11) is 0.